The number of hydrogen-bond acceptors (Lipinski definition) is 3. The van der Waals surface area contributed by atoms with Gasteiger partial charge in [-0.2, -0.15) is 5.10 Å². The lowest BCUT2D eigenvalue weighted by Gasteiger charge is -2.22. The molecule has 6 heteroatoms. The number of carbonyl (C=O) groups is 1. The van der Waals surface area contributed by atoms with Crippen molar-refractivity contribution >= 4 is 27.7 Å². The van der Waals surface area contributed by atoms with Crippen LogP contribution < -0.4 is 5.56 Å². The fraction of sp³-hybridized carbons (Fsp3) is 0.389. The smallest absolute Gasteiger partial charge is 0.291 e. The van der Waals surface area contributed by atoms with E-state index >= 15 is 0 Å². The Bertz CT molecular complexity index is 995. The summed E-state index contributed by atoms with van der Waals surface area (Å²) in [5.41, 5.74) is 1.27. The summed E-state index contributed by atoms with van der Waals surface area (Å²) in [5, 5.41) is 5.91. The number of rotatable bonds is 2. The monoisotopic (exact) mass is 324 g/mol. The minimum absolute atomic E-state index is 0.0778. The highest BCUT2D eigenvalue weighted by Gasteiger charge is 2.28. The van der Waals surface area contributed by atoms with Crippen LogP contribution in [0.3, 0.4) is 0 Å². The van der Waals surface area contributed by atoms with Crippen LogP contribution >= 0.6 is 0 Å². The molecule has 4 rings (SSSR count). The first-order valence-electron chi connectivity index (χ1n) is 8.33. The summed E-state index contributed by atoms with van der Waals surface area (Å²) >= 11 is 0. The second-order valence-electron chi connectivity index (χ2n) is 6.43. The van der Waals surface area contributed by atoms with Crippen molar-refractivity contribution in [3.05, 3.63) is 40.8 Å². The first-order chi connectivity index (χ1) is 11.6. The number of amides is 1. The van der Waals surface area contributed by atoms with E-state index in [4.69, 9.17) is 0 Å². The molecule has 1 aliphatic heterocycles. The molecule has 0 saturated carbocycles. The van der Waals surface area contributed by atoms with Gasteiger partial charge in [-0.05, 0) is 25.8 Å². The minimum Gasteiger partial charge on any atom is -0.341 e. The van der Waals surface area contributed by atoms with Crippen molar-refractivity contribution < 1.29 is 4.79 Å². The number of hydrogen-bond donors (Lipinski definition) is 0. The maximum Gasteiger partial charge on any atom is 0.291 e. The van der Waals surface area contributed by atoms with Crippen molar-refractivity contribution in [3.63, 3.8) is 0 Å². The van der Waals surface area contributed by atoms with E-state index in [0.717, 1.165) is 42.2 Å². The topological polar surface area (TPSA) is 60.1 Å². The van der Waals surface area contributed by atoms with E-state index in [1.165, 1.54) is 4.68 Å². The Morgan fingerprint density at radius 2 is 1.88 bits per heavy atom. The number of para-hydroxylation sites is 1. The van der Waals surface area contributed by atoms with E-state index in [-0.39, 0.29) is 11.5 Å². The normalized spacial score (nSPS) is 16.2. The van der Waals surface area contributed by atoms with Gasteiger partial charge in [-0.25, -0.2) is 4.68 Å². The number of likely N-dealkylation sites (tertiary alicyclic amines) is 1. The average Bonchev–Trinajstić information content (AvgIpc) is 3.23. The second kappa shape index (κ2) is 5.47. The molecule has 124 valence electrons. The molecule has 1 saturated heterocycles. The highest BCUT2D eigenvalue weighted by atomic mass is 16.2. The summed E-state index contributed by atoms with van der Waals surface area (Å²) in [6, 6.07) is 7.39. The van der Waals surface area contributed by atoms with Gasteiger partial charge in [0.2, 0.25) is 5.91 Å². The first-order valence-corrected chi connectivity index (χ1v) is 8.33. The Hall–Kier alpha value is -2.63. The van der Waals surface area contributed by atoms with Gasteiger partial charge in [0.15, 0.2) is 0 Å². The van der Waals surface area contributed by atoms with E-state index in [0.29, 0.717) is 5.52 Å². The number of aryl methyl sites for hydroxylation is 1. The molecule has 1 amide bonds. The molecule has 1 atom stereocenters. The van der Waals surface area contributed by atoms with Gasteiger partial charge in [0.25, 0.3) is 5.56 Å². The lowest BCUT2D eigenvalue weighted by atomic mass is 10.2. The van der Waals surface area contributed by atoms with Crippen molar-refractivity contribution in [2.75, 3.05) is 13.1 Å². The van der Waals surface area contributed by atoms with E-state index in [1.54, 1.807) is 13.2 Å². The number of fused-ring (bicyclic) bond motifs is 3. The third kappa shape index (κ3) is 2.06. The highest BCUT2D eigenvalue weighted by molar-refractivity contribution is 6.08. The van der Waals surface area contributed by atoms with Crippen LogP contribution in [0, 0.1) is 0 Å². The fourth-order valence-corrected chi connectivity index (χ4v) is 3.70. The molecular formula is C18H20N4O2. The summed E-state index contributed by atoms with van der Waals surface area (Å²) in [4.78, 5) is 27.5. The SMILES string of the molecule is C[C@H](C(=O)N1CCCC1)n1c2ccccc2c2cnn(C)c(=O)c21. The largest absolute Gasteiger partial charge is 0.341 e. The van der Waals surface area contributed by atoms with Gasteiger partial charge in [0.1, 0.15) is 11.6 Å². The van der Waals surface area contributed by atoms with E-state index in [1.807, 2.05) is 40.7 Å². The Morgan fingerprint density at radius 1 is 1.17 bits per heavy atom. The molecule has 0 bridgehead atoms. The van der Waals surface area contributed by atoms with Crippen LogP contribution in [0.4, 0.5) is 0 Å². The van der Waals surface area contributed by atoms with Gasteiger partial charge >= 0.3 is 0 Å². The lowest BCUT2D eigenvalue weighted by molar-refractivity contribution is -0.133. The van der Waals surface area contributed by atoms with Crippen LogP contribution in [0.15, 0.2) is 35.3 Å². The van der Waals surface area contributed by atoms with Crippen LogP contribution in [-0.4, -0.2) is 38.2 Å². The summed E-state index contributed by atoms with van der Waals surface area (Å²) in [7, 11) is 1.64. The molecule has 0 spiro atoms. The quantitative estimate of drug-likeness (QED) is 0.725. The molecule has 2 aromatic heterocycles. The van der Waals surface area contributed by atoms with Gasteiger partial charge in [-0.3, -0.25) is 9.59 Å². The second-order valence-corrected chi connectivity index (χ2v) is 6.43. The van der Waals surface area contributed by atoms with Crippen molar-refractivity contribution in [1.29, 1.82) is 0 Å². The molecule has 0 N–H and O–H groups in total. The van der Waals surface area contributed by atoms with Crippen LogP contribution in [0.2, 0.25) is 0 Å². The van der Waals surface area contributed by atoms with Crippen molar-refractivity contribution in [2.45, 2.75) is 25.8 Å². The van der Waals surface area contributed by atoms with Crippen LogP contribution in [0.5, 0.6) is 0 Å². The van der Waals surface area contributed by atoms with E-state index in [9.17, 15) is 9.59 Å². The van der Waals surface area contributed by atoms with Crippen molar-refractivity contribution in [2.24, 2.45) is 7.05 Å². The number of aromatic nitrogens is 3. The van der Waals surface area contributed by atoms with E-state index < -0.39 is 6.04 Å². The fourth-order valence-electron chi connectivity index (χ4n) is 3.70. The number of nitrogens with zero attached hydrogens (tertiary/aromatic N) is 4. The van der Waals surface area contributed by atoms with Crippen molar-refractivity contribution in [1.82, 2.24) is 19.2 Å². The number of carbonyl (C=O) groups excluding carboxylic acids is 1. The Kier molecular flexibility index (Phi) is 3.40. The standard InChI is InChI=1S/C18H20N4O2/c1-12(17(23)21-9-5-6-10-21)22-15-8-4-3-7-13(15)14-11-19-20(2)18(24)16(14)22/h3-4,7-8,11-12H,5-6,9-10H2,1-2H3/t12-/m1/s1. The minimum atomic E-state index is -0.416. The highest BCUT2D eigenvalue weighted by Crippen LogP contribution is 2.30. The van der Waals surface area contributed by atoms with Crippen LogP contribution in [0.25, 0.3) is 21.8 Å². The van der Waals surface area contributed by atoms with E-state index in [2.05, 4.69) is 5.10 Å². The van der Waals surface area contributed by atoms with Gasteiger partial charge < -0.3 is 9.47 Å². The molecule has 1 aliphatic rings. The van der Waals surface area contributed by atoms with Gasteiger partial charge in [0, 0.05) is 30.9 Å². The molecular weight excluding hydrogens is 304 g/mol. The third-order valence-corrected chi connectivity index (χ3v) is 4.97. The summed E-state index contributed by atoms with van der Waals surface area (Å²) in [6.07, 6.45) is 3.82. The number of benzene rings is 1. The predicted molar refractivity (Wildman–Crippen MR) is 93.0 cm³/mol. The molecule has 24 heavy (non-hydrogen) atoms. The first kappa shape index (κ1) is 14.9. The molecule has 0 radical (unpaired) electrons. The Morgan fingerprint density at radius 3 is 2.62 bits per heavy atom. The van der Waals surface area contributed by atoms with Gasteiger partial charge in [-0.1, -0.05) is 18.2 Å². The zero-order valence-corrected chi connectivity index (χ0v) is 13.9. The summed E-state index contributed by atoms with van der Waals surface area (Å²) < 4.78 is 3.21. The maximum atomic E-state index is 12.9. The molecule has 1 fully saturated rings. The molecule has 3 aromatic rings. The zero-order valence-electron chi connectivity index (χ0n) is 13.9. The molecule has 0 aliphatic carbocycles. The molecule has 6 nitrogen and oxygen atoms in total. The molecule has 1 aromatic carbocycles. The summed E-state index contributed by atoms with van der Waals surface area (Å²) in [6.45, 7) is 3.49. The maximum absolute atomic E-state index is 12.9. The zero-order chi connectivity index (χ0) is 16.8. The molecule has 3 heterocycles. The summed E-state index contributed by atoms with van der Waals surface area (Å²) in [5.74, 6) is 0.0778. The lowest BCUT2D eigenvalue weighted by Crippen LogP contribution is -2.34. The third-order valence-electron chi connectivity index (χ3n) is 4.97. The van der Waals surface area contributed by atoms with Crippen LogP contribution in [-0.2, 0) is 11.8 Å². The van der Waals surface area contributed by atoms with Gasteiger partial charge in [-0.15, -0.1) is 0 Å². The Labute approximate surface area is 139 Å². The van der Waals surface area contributed by atoms with Crippen LogP contribution in [0.1, 0.15) is 25.8 Å². The average molecular weight is 324 g/mol. The molecule has 0 unspecified atom stereocenters. The predicted octanol–water partition coefficient (Wildman–Crippen LogP) is 2.07. The van der Waals surface area contributed by atoms with Crippen molar-refractivity contribution in [3.8, 4) is 0 Å². The van der Waals surface area contributed by atoms with Gasteiger partial charge in [0.05, 0.1) is 11.7 Å². The Balaban J connectivity index is 2.00.